The molecule has 0 atom stereocenters. The van der Waals surface area contributed by atoms with E-state index in [1.807, 2.05) is 0 Å². The van der Waals surface area contributed by atoms with E-state index in [-0.39, 0.29) is 18.2 Å². The van der Waals surface area contributed by atoms with Gasteiger partial charge in [-0.25, -0.2) is 4.98 Å². The van der Waals surface area contributed by atoms with Gasteiger partial charge in [0.15, 0.2) is 0 Å². The molecule has 1 heterocycles. The molecule has 0 unspecified atom stereocenters. The van der Waals surface area contributed by atoms with Gasteiger partial charge in [-0.2, -0.15) is 0 Å². The zero-order chi connectivity index (χ0) is 14.4. The van der Waals surface area contributed by atoms with Crippen LogP contribution >= 0.6 is 11.6 Å². The molecule has 2 rings (SSSR count). The molecule has 0 radical (unpaired) electrons. The number of nitrogens with zero attached hydrogens (tertiary/aromatic N) is 1. The number of halogens is 1. The highest BCUT2D eigenvalue weighted by molar-refractivity contribution is 6.30. The summed E-state index contributed by atoms with van der Waals surface area (Å²) in [5.74, 6) is 4.89. The Hall–Kier alpha value is -2.35. The molecule has 0 bridgehead atoms. The number of carbonyl (C=O) groups is 1. The Morgan fingerprint density at radius 2 is 2.20 bits per heavy atom. The summed E-state index contributed by atoms with van der Waals surface area (Å²) in [6.45, 7) is -0.211. The second-order valence-corrected chi connectivity index (χ2v) is 4.29. The number of amides is 1. The van der Waals surface area contributed by atoms with E-state index in [0.29, 0.717) is 16.3 Å². The number of aromatic nitrogens is 1. The third kappa shape index (κ3) is 3.82. The van der Waals surface area contributed by atoms with E-state index in [1.165, 1.54) is 6.20 Å². The normalized spacial score (nSPS) is 9.50. The quantitative estimate of drug-likeness (QED) is 0.833. The van der Waals surface area contributed by atoms with Crippen molar-refractivity contribution in [3.63, 3.8) is 0 Å². The van der Waals surface area contributed by atoms with Crippen LogP contribution in [0.3, 0.4) is 0 Å². The molecule has 4 nitrogen and oxygen atoms in total. The molecule has 0 saturated carbocycles. The number of aliphatic hydroxyl groups excluding tert-OH is 1. The minimum absolute atomic E-state index is 0.211. The number of hydrogen-bond acceptors (Lipinski definition) is 3. The first-order chi connectivity index (χ1) is 9.69. The van der Waals surface area contributed by atoms with Gasteiger partial charge in [0.1, 0.15) is 12.3 Å². The standard InChI is InChI=1S/C15H11ClN2O2/c16-12-4-1-5-13(9-12)18-15(20)14-7-6-11(10-17-14)3-2-8-19/h1,4-7,9-10,19H,8H2,(H,18,20). The maximum atomic E-state index is 12.0. The van der Waals surface area contributed by atoms with Crippen molar-refractivity contribution in [3.05, 3.63) is 58.9 Å². The van der Waals surface area contributed by atoms with Crippen molar-refractivity contribution in [1.82, 2.24) is 4.98 Å². The lowest BCUT2D eigenvalue weighted by molar-refractivity contribution is 0.102. The van der Waals surface area contributed by atoms with Gasteiger partial charge < -0.3 is 10.4 Å². The smallest absolute Gasteiger partial charge is 0.274 e. The molecule has 2 N–H and O–H groups in total. The van der Waals surface area contributed by atoms with Crippen molar-refractivity contribution >= 4 is 23.2 Å². The van der Waals surface area contributed by atoms with Crippen LogP contribution in [0.1, 0.15) is 16.1 Å². The molecule has 20 heavy (non-hydrogen) atoms. The molecule has 0 spiro atoms. The molecule has 1 aromatic heterocycles. The highest BCUT2D eigenvalue weighted by Crippen LogP contribution is 2.15. The summed E-state index contributed by atoms with van der Waals surface area (Å²) in [5.41, 5.74) is 1.52. The molecular formula is C15H11ClN2O2. The minimum atomic E-state index is -0.325. The van der Waals surface area contributed by atoms with E-state index >= 15 is 0 Å². The van der Waals surface area contributed by atoms with E-state index in [2.05, 4.69) is 22.1 Å². The maximum absolute atomic E-state index is 12.0. The fourth-order valence-corrected chi connectivity index (χ4v) is 1.70. The van der Waals surface area contributed by atoms with Crippen molar-refractivity contribution in [2.24, 2.45) is 0 Å². The topological polar surface area (TPSA) is 62.2 Å². The van der Waals surface area contributed by atoms with Crippen LogP contribution in [0.25, 0.3) is 0 Å². The lowest BCUT2D eigenvalue weighted by atomic mass is 10.2. The molecule has 100 valence electrons. The van der Waals surface area contributed by atoms with Gasteiger partial charge in [0, 0.05) is 22.5 Å². The van der Waals surface area contributed by atoms with Gasteiger partial charge in [0.05, 0.1) is 0 Å². The molecule has 1 aromatic carbocycles. The van der Waals surface area contributed by atoms with Gasteiger partial charge in [-0.1, -0.05) is 29.5 Å². The first-order valence-corrected chi connectivity index (χ1v) is 6.19. The Labute approximate surface area is 121 Å². The molecule has 0 fully saturated rings. The lowest BCUT2D eigenvalue weighted by Crippen LogP contribution is -2.13. The van der Waals surface area contributed by atoms with Gasteiger partial charge in [-0.3, -0.25) is 4.79 Å². The van der Waals surface area contributed by atoms with Crippen molar-refractivity contribution in [1.29, 1.82) is 0 Å². The Kier molecular flexibility index (Phi) is 4.72. The molecular weight excluding hydrogens is 276 g/mol. The predicted octanol–water partition coefficient (Wildman–Crippen LogP) is 2.33. The molecule has 0 aliphatic rings. The van der Waals surface area contributed by atoms with Crippen molar-refractivity contribution in [3.8, 4) is 11.8 Å². The van der Waals surface area contributed by atoms with Gasteiger partial charge in [-0.15, -0.1) is 0 Å². The average Bonchev–Trinajstić information content (AvgIpc) is 2.45. The van der Waals surface area contributed by atoms with Crippen molar-refractivity contribution < 1.29 is 9.90 Å². The third-order valence-electron chi connectivity index (χ3n) is 2.39. The molecule has 0 aliphatic carbocycles. The van der Waals surface area contributed by atoms with E-state index in [9.17, 15) is 4.79 Å². The molecule has 1 amide bonds. The largest absolute Gasteiger partial charge is 0.384 e. The first-order valence-electron chi connectivity index (χ1n) is 5.82. The summed E-state index contributed by atoms with van der Waals surface area (Å²) in [6.07, 6.45) is 1.48. The average molecular weight is 287 g/mol. The number of hydrogen-bond donors (Lipinski definition) is 2. The second kappa shape index (κ2) is 6.71. The molecule has 0 saturated heterocycles. The van der Waals surface area contributed by atoms with Crippen LogP contribution in [0.15, 0.2) is 42.6 Å². The number of pyridine rings is 1. The number of anilines is 1. The second-order valence-electron chi connectivity index (χ2n) is 3.86. The summed E-state index contributed by atoms with van der Waals surface area (Å²) in [7, 11) is 0. The zero-order valence-corrected chi connectivity index (χ0v) is 11.2. The first kappa shape index (κ1) is 14.1. The summed E-state index contributed by atoms with van der Waals surface area (Å²) in [5, 5.41) is 11.8. The number of nitrogens with one attached hydrogen (secondary N) is 1. The van der Waals surface area contributed by atoms with Gasteiger partial charge >= 0.3 is 0 Å². The third-order valence-corrected chi connectivity index (χ3v) is 2.63. The molecule has 5 heteroatoms. The fourth-order valence-electron chi connectivity index (χ4n) is 1.51. The summed E-state index contributed by atoms with van der Waals surface area (Å²) in [6, 6.07) is 10.1. The Balaban J connectivity index is 2.09. The van der Waals surface area contributed by atoms with Crippen molar-refractivity contribution in [2.45, 2.75) is 0 Å². The maximum Gasteiger partial charge on any atom is 0.274 e. The monoisotopic (exact) mass is 286 g/mol. The predicted molar refractivity (Wildman–Crippen MR) is 77.6 cm³/mol. The highest BCUT2D eigenvalue weighted by Gasteiger charge is 2.07. The van der Waals surface area contributed by atoms with E-state index in [4.69, 9.17) is 16.7 Å². The Morgan fingerprint density at radius 3 is 2.85 bits per heavy atom. The summed E-state index contributed by atoms with van der Waals surface area (Å²) < 4.78 is 0. The van der Waals surface area contributed by atoms with Crippen LogP contribution < -0.4 is 5.32 Å². The van der Waals surface area contributed by atoms with Crippen LogP contribution in [0, 0.1) is 11.8 Å². The van der Waals surface area contributed by atoms with Gasteiger partial charge in [0.2, 0.25) is 0 Å². The number of rotatable bonds is 2. The fraction of sp³-hybridized carbons (Fsp3) is 0.0667. The molecule has 2 aromatic rings. The Morgan fingerprint density at radius 1 is 1.35 bits per heavy atom. The number of aliphatic hydroxyl groups is 1. The van der Waals surface area contributed by atoms with E-state index in [1.54, 1.807) is 36.4 Å². The lowest BCUT2D eigenvalue weighted by Gasteiger charge is -2.04. The molecule has 0 aliphatic heterocycles. The van der Waals surface area contributed by atoms with Crippen molar-refractivity contribution in [2.75, 3.05) is 11.9 Å². The zero-order valence-electron chi connectivity index (χ0n) is 10.4. The number of benzene rings is 1. The van der Waals surface area contributed by atoms with Crippen LogP contribution in [0.4, 0.5) is 5.69 Å². The highest BCUT2D eigenvalue weighted by atomic mass is 35.5. The van der Waals surface area contributed by atoms with Gasteiger partial charge in [-0.05, 0) is 30.3 Å². The minimum Gasteiger partial charge on any atom is -0.384 e. The van der Waals surface area contributed by atoms with Crippen LogP contribution in [-0.4, -0.2) is 22.6 Å². The summed E-state index contributed by atoms with van der Waals surface area (Å²) in [4.78, 5) is 16.0. The SMILES string of the molecule is O=C(Nc1cccc(Cl)c1)c1ccc(C#CCO)cn1. The van der Waals surface area contributed by atoms with Gasteiger partial charge in [0.25, 0.3) is 5.91 Å². The Bertz CT molecular complexity index is 672. The van der Waals surface area contributed by atoms with E-state index in [0.717, 1.165) is 0 Å². The van der Waals surface area contributed by atoms with E-state index < -0.39 is 0 Å². The van der Waals surface area contributed by atoms with Crippen LogP contribution in [0.5, 0.6) is 0 Å². The van der Waals surface area contributed by atoms with Crippen LogP contribution in [0.2, 0.25) is 5.02 Å². The van der Waals surface area contributed by atoms with Crippen LogP contribution in [-0.2, 0) is 0 Å². The summed E-state index contributed by atoms with van der Waals surface area (Å²) >= 11 is 5.84. The number of carbonyl (C=O) groups excluding carboxylic acids is 1.